The van der Waals surface area contributed by atoms with Gasteiger partial charge in [0.2, 0.25) is 0 Å². The highest BCUT2D eigenvalue weighted by atomic mass is 15.1. The van der Waals surface area contributed by atoms with Crippen molar-refractivity contribution >= 4 is 11.1 Å². The third-order valence-corrected chi connectivity index (χ3v) is 1.53. The fourth-order valence-corrected chi connectivity index (χ4v) is 0.935. The number of nitrogens with zero attached hydrogens (tertiary/aromatic N) is 1. The van der Waals surface area contributed by atoms with Crippen molar-refractivity contribution in [3.05, 3.63) is 30.6 Å². The van der Waals surface area contributed by atoms with Gasteiger partial charge in [-0.2, -0.15) is 5.10 Å². The Morgan fingerprint density at radius 1 is 1.25 bits per heavy atom. The first-order valence-corrected chi connectivity index (χ1v) is 5.89. The zero-order chi connectivity index (χ0) is 13.1. The van der Waals surface area contributed by atoms with Crippen LogP contribution in [0.5, 0.6) is 0 Å². The normalized spacial score (nSPS) is 8.12. The first-order chi connectivity index (χ1) is 7.54. The Bertz CT molecular complexity index is 285. The van der Waals surface area contributed by atoms with Gasteiger partial charge in [0.25, 0.3) is 0 Å². The topological polar surface area (TPSA) is 28.7 Å². The maximum atomic E-state index is 3.92. The molecule has 1 rings (SSSR count). The Morgan fingerprint density at radius 3 is 1.94 bits per heavy atom. The summed E-state index contributed by atoms with van der Waals surface area (Å²) in [4.78, 5) is 0. The van der Waals surface area contributed by atoms with E-state index in [9.17, 15) is 0 Å². The van der Waals surface area contributed by atoms with Crippen molar-refractivity contribution < 1.29 is 1.43 Å². The van der Waals surface area contributed by atoms with Crippen LogP contribution in [-0.2, 0) is 0 Å². The summed E-state index contributed by atoms with van der Waals surface area (Å²) in [6.45, 7) is 19.8. The van der Waals surface area contributed by atoms with E-state index in [1.165, 1.54) is 6.42 Å². The van der Waals surface area contributed by atoms with Gasteiger partial charge >= 0.3 is 0 Å². The van der Waals surface area contributed by atoms with Crippen molar-refractivity contribution in [1.82, 2.24) is 10.2 Å². The molecule has 0 aromatic carbocycles. The number of nitrogens with one attached hydrogen (secondary N) is 1. The summed E-state index contributed by atoms with van der Waals surface area (Å²) in [5.74, 6) is 0. The van der Waals surface area contributed by atoms with Gasteiger partial charge in [-0.05, 0) is 25.0 Å². The molecule has 94 valence electrons. The van der Waals surface area contributed by atoms with Gasteiger partial charge in [-0.3, -0.25) is 5.10 Å². The van der Waals surface area contributed by atoms with Crippen LogP contribution in [0.2, 0.25) is 0 Å². The van der Waals surface area contributed by atoms with E-state index in [1.807, 2.05) is 27.7 Å². The summed E-state index contributed by atoms with van der Waals surface area (Å²) in [5.41, 5.74) is 4.03. The molecule has 0 aliphatic carbocycles. The molecule has 1 aromatic heterocycles. The van der Waals surface area contributed by atoms with Crippen molar-refractivity contribution in [2.45, 2.75) is 48.0 Å². The van der Waals surface area contributed by atoms with E-state index < -0.39 is 0 Å². The van der Waals surface area contributed by atoms with E-state index in [0.717, 1.165) is 22.4 Å². The summed E-state index contributed by atoms with van der Waals surface area (Å²) in [7, 11) is 0. The molecule has 0 amide bonds. The predicted molar refractivity (Wildman–Crippen MR) is 77.4 cm³/mol. The number of allylic oxidation sites excluding steroid dienone is 2. The number of H-pyrrole nitrogens is 1. The lowest BCUT2D eigenvalue weighted by Crippen LogP contribution is -1.83. The molecule has 0 spiro atoms. The van der Waals surface area contributed by atoms with Gasteiger partial charge in [-0.15, -0.1) is 0 Å². The molecule has 0 aliphatic heterocycles. The minimum atomic E-state index is 0. The highest BCUT2D eigenvalue weighted by molar-refractivity contribution is 5.73. The number of hydrogen-bond acceptors (Lipinski definition) is 1. The molecular weight excluding hydrogens is 196 g/mol. The van der Waals surface area contributed by atoms with Gasteiger partial charge in [-0.1, -0.05) is 47.3 Å². The van der Waals surface area contributed by atoms with Crippen LogP contribution in [0.1, 0.15) is 60.6 Å². The molecule has 0 radical (unpaired) electrons. The second-order valence-electron chi connectivity index (χ2n) is 3.43. The Labute approximate surface area is 102 Å². The zero-order valence-electron chi connectivity index (χ0n) is 11.6. The van der Waals surface area contributed by atoms with Gasteiger partial charge in [-0.25, -0.2) is 0 Å². The van der Waals surface area contributed by atoms with Crippen molar-refractivity contribution in [3.8, 4) is 0 Å². The molecule has 0 atom stereocenters. The SMILES string of the molecule is C=C(C)c1cn[nH]c1C(=C)C.CC.CCC.[HH]. The molecule has 1 heterocycles. The highest BCUT2D eigenvalue weighted by Crippen LogP contribution is 2.19. The van der Waals surface area contributed by atoms with Crippen molar-refractivity contribution in [1.29, 1.82) is 0 Å². The highest BCUT2D eigenvalue weighted by Gasteiger charge is 2.04. The first kappa shape index (κ1) is 17.1. The van der Waals surface area contributed by atoms with Gasteiger partial charge in [0.05, 0.1) is 11.9 Å². The van der Waals surface area contributed by atoms with Crippen molar-refractivity contribution in [2.24, 2.45) is 0 Å². The van der Waals surface area contributed by atoms with Crippen molar-refractivity contribution in [2.75, 3.05) is 0 Å². The van der Waals surface area contributed by atoms with Crippen LogP contribution in [-0.4, -0.2) is 10.2 Å². The van der Waals surface area contributed by atoms with Crippen LogP contribution >= 0.6 is 0 Å². The average Bonchev–Trinajstić information content (AvgIpc) is 2.70. The van der Waals surface area contributed by atoms with Crippen LogP contribution in [0.15, 0.2) is 19.4 Å². The Hall–Kier alpha value is -1.31. The fourth-order valence-electron chi connectivity index (χ4n) is 0.935. The third-order valence-electron chi connectivity index (χ3n) is 1.53. The van der Waals surface area contributed by atoms with Gasteiger partial charge < -0.3 is 0 Å². The maximum absolute atomic E-state index is 3.92. The monoisotopic (exact) mass is 224 g/mol. The summed E-state index contributed by atoms with van der Waals surface area (Å²) in [5, 5.41) is 6.79. The number of aromatic amines is 1. The molecule has 2 heteroatoms. The molecular formula is C14H28N2. The molecule has 0 fully saturated rings. The van der Waals surface area contributed by atoms with Crippen molar-refractivity contribution in [3.63, 3.8) is 0 Å². The summed E-state index contributed by atoms with van der Waals surface area (Å²) in [6.07, 6.45) is 3.02. The minimum absolute atomic E-state index is 0. The van der Waals surface area contributed by atoms with Gasteiger partial charge in [0.15, 0.2) is 0 Å². The van der Waals surface area contributed by atoms with Gasteiger partial charge in [0.1, 0.15) is 0 Å². The van der Waals surface area contributed by atoms with E-state index in [4.69, 9.17) is 0 Å². The van der Waals surface area contributed by atoms with E-state index in [-0.39, 0.29) is 1.43 Å². The Morgan fingerprint density at radius 2 is 1.69 bits per heavy atom. The lowest BCUT2D eigenvalue weighted by molar-refractivity contribution is 1.07. The molecule has 0 unspecified atom stereocenters. The number of hydrogen-bond donors (Lipinski definition) is 1. The third kappa shape index (κ3) is 6.23. The van der Waals surface area contributed by atoms with Crippen LogP contribution in [0, 0.1) is 0 Å². The molecule has 0 aliphatic rings. The van der Waals surface area contributed by atoms with E-state index in [1.54, 1.807) is 6.20 Å². The van der Waals surface area contributed by atoms with Crippen LogP contribution in [0.3, 0.4) is 0 Å². The summed E-state index contributed by atoms with van der Waals surface area (Å²) in [6, 6.07) is 0. The molecule has 0 saturated heterocycles. The first-order valence-electron chi connectivity index (χ1n) is 5.89. The molecule has 16 heavy (non-hydrogen) atoms. The molecule has 0 bridgehead atoms. The van der Waals surface area contributed by atoms with Crippen LogP contribution < -0.4 is 0 Å². The van der Waals surface area contributed by atoms with E-state index in [0.29, 0.717) is 0 Å². The lowest BCUT2D eigenvalue weighted by Gasteiger charge is -1.99. The standard InChI is InChI=1S/C9H12N2.C3H8.C2H6.H2/c1-6(2)8-5-10-11-9(8)7(3)4;1-3-2;1-2;/h5H,1,3H2,2,4H3,(H,10,11);3H2,1-2H3;1-2H3;1H. The minimum Gasteiger partial charge on any atom is -0.278 e. The fraction of sp³-hybridized carbons (Fsp3) is 0.500. The van der Waals surface area contributed by atoms with E-state index >= 15 is 0 Å². The number of rotatable bonds is 2. The predicted octanol–water partition coefficient (Wildman–Crippen LogP) is 5.16. The average molecular weight is 224 g/mol. The second-order valence-corrected chi connectivity index (χ2v) is 3.43. The molecule has 1 N–H and O–H groups in total. The molecule has 2 nitrogen and oxygen atoms in total. The largest absolute Gasteiger partial charge is 0.278 e. The van der Waals surface area contributed by atoms with Gasteiger partial charge in [0, 0.05) is 6.99 Å². The lowest BCUT2D eigenvalue weighted by atomic mass is 10.1. The molecule has 1 aromatic rings. The molecule has 0 saturated carbocycles. The van der Waals surface area contributed by atoms with E-state index in [2.05, 4.69) is 37.2 Å². The zero-order valence-corrected chi connectivity index (χ0v) is 11.6. The summed E-state index contributed by atoms with van der Waals surface area (Å²) < 4.78 is 0. The van der Waals surface area contributed by atoms with Crippen LogP contribution in [0.4, 0.5) is 0 Å². The quantitative estimate of drug-likeness (QED) is 0.738. The summed E-state index contributed by atoms with van der Waals surface area (Å²) >= 11 is 0. The number of aromatic nitrogens is 2. The smallest absolute Gasteiger partial charge is 0.0675 e. The van der Waals surface area contributed by atoms with Crippen LogP contribution in [0.25, 0.3) is 11.1 Å². The maximum Gasteiger partial charge on any atom is 0.0675 e. The Kier molecular flexibility index (Phi) is 10.9. The Balaban J connectivity index is -0.000000286. The second kappa shape index (κ2) is 10.2.